The number of hydrogen-bond acceptors (Lipinski definition) is 0. The summed E-state index contributed by atoms with van der Waals surface area (Å²) >= 11 is 0. The zero-order valence-corrected chi connectivity index (χ0v) is 28.4. The predicted molar refractivity (Wildman–Crippen MR) is 221 cm³/mol. The molecule has 0 atom stereocenters. The van der Waals surface area contributed by atoms with Crippen LogP contribution < -0.4 is 0 Å². The Labute approximate surface area is 301 Å². The van der Waals surface area contributed by atoms with Crippen molar-refractivity contribution in [3.63, 3.8) is 0 Å². The summed E-state index contributed by atoms with van der Waals surface area (Å²) in [7, 11) is 0. The minimum atomic E-state index is 1.14. The lowest BCUT2D eigenvalue weighted by Crippen LogP contribution is -1.97. The molecule has 9 aromatic carbocycles. The smallest absolute Gasteiger partial charge is 0.0562 e. The SMILES string of the molecule is c1ccc2cc(-c3cc(-c4ccc5ccccc5c4)cc(-n4c5ccccc5c5c(-n6c7ccccc7c7ccccc76)cccc54)c3)ccc2c1. The summed E-state index contributed by atoms with van der Waals surface area (Å²) < 4.78 is 4.92. The molecule has 0 unspecified atom stereocenters. The third-order valence-electron chi connectivity index (χ3n) is 10.8. The summed E-state index contributed by atoms with van der Waals surface area (Å²) in [6, 6.07) is 71.2. The number of fused-ring (bicyclic) bond motifs is 8. The van der Waals surface area contributed by atoms with Crippen LogP contribution in [0.4, 0.5) is 0 Å². The van der Waals surface area contributed by atoms with E-state index in [1.165, 1.54) is 93.1 Å². The molecular weight excluding hydrogens is 629 g/mol. The standard InChI is InChI=1S/C50H32N2/c1-3-14-35-28-37(26-24-33(35)12-1)39-30-40(38-27-25-34-13-2-4-15-36(34)29-38)32-41(31-39)51-47-21-10-7-18-44(47)50-48(51)22-11-23-49(50)52-45-19-8-5-16-42(45)43-17-6-9-20-46(43)52/h1-32H. The molecule has 0 spiro atoms. The number of hydrogen-bond donors (Lipinski definition) is 0. The summed E-state index contributed by atoms with van der Waals surface area (Å²) in [4.78, 5) is 0. The second kappa shape index (κ2) is 11.3. The van der Waals surface area contributed by atoms with E-state index in [-0.39, 0.29) is 0 Å². The van der Waals surface area contributed by atoms with Crippen LogP contribution in [0.2, 0.25) is 0 Å². The largest absolute Gasteiger partial charge is 0.309 e. The van der Waals surface area contributed by atoms with E-state index in [1.54, 1.807) is 0 Å². The van der Waals surface area contributed by atoms with Gasteiger partial charge in [0.25, 0.3) is 0 Å². The maximum Gasteiger partial charge on any atom is 0.0562 e. The van der Waals surface area contributed by atoms with Gasteiger partial charge in [-0.3, -0.25) is 0 Å². The molecule has 0 amide bonds. The van der Waals surface area contributed by atoms with Crippen molar-refractivity contribution >= 4 is 65.2 Å². The van der Waals surface area contributed by atoms with Crippen LogP contribution in [-0.4, -0.2) is 9.13 Å². The van der Waals surface area contributed by atoms with Gasteiger partial charge in [-0.15, -0.1) is 0 Å². The first-order valence-electron chi connectivity index (χ1n) is 17.9. The maximum absolute atomic E-state index is 2.47. The molecule has 11 aromatic rings. The van der Waals surface area contributed by atoms with E-state index in [4.69, 9.17) is 0 Å². The Bertz CT molecular complexity index is 3040. The number of para-hydroxylation sites is 3. The molecular formula is C50H32N2. The van der Waals surface area contributed by atoms with Crippen molar-refractivity contribution in [3.05, 3.63) is 194 Å². The van der Waals surface area contributed by atoms with Crippen molar-refractivity contribution in [2.75, 3.05) is 0 Å². The fourth-order valence-electron chi connectivity index (χ4n) is 8.46. The van der Waals surface area contributed by atoms with Gasteiger partial charge in [-0.1, -0.05) is 133 Å². The molecule has 0 aliphatic heterocycles. The van der Waals surface area contributed by atoms with Crippen LogP contribution in [0.15, 0.2) is 194 Å². The Morgan fingerprint density at radius 3 is 1.31 bits per heavy atom. The highest BCUT2D eigenvalue weighted by Gasteiger charge is 2.20. The van der Waals surface area contributed by atoms with Gasteiger partial charge >= 0.3 is 0 Å². The van der Waals surface area contributed by atoms with Crippen molar-refractivity contribution in [1.82, 2.24) is 9.13 Å². The summed E-state index contributed by atoms with van der Waals surface area (Å²) in [5.41, 5.74) is 11.9. The number of aromatic nitrogens is 2. The van der Waals surface area contributed by atoms with Gasteiger partial charge in [-0.05, 0) is 104 Å². The minimum absolute atomic E-state index is 1.14. The van der Waals surface area contributed by atoms with Crippen LogP contribution in [0.5, 0.6) is 0 Å². The predicted octanol–water partition coefficient (Wildman–Crippen LogP) is 13.5. The topological polar surface area (TPSA) is 9.86 Å². The van der Waals surface area contributed by atoms with Crippen molar-refractivity contribution in [2.45, 2.75) is 0 Å². The molecule has 52 heavy (non-hydrogen) atoms. The Morgan fingerprint density at radius 2 is 0.731 bits per heavy atom. The van der Waals surface area contributed by atoms with Crippen LogP contribution >= 0.6 is 0 Å². The highest BCUT2D eigenvalue weighted by Crippen LogP contribution is 2.41. The molecule has 11 rings (SSSR count). The van der Waals surface area contributed by atoms with Gasteiger partial charge in [0, 0.05) is 27.2 Å². The molecule has 2 heteroatoms. The van der Waals surface area contributed by atoms with Gasteiger partial charge < -0.3 is 9.13 Å². The quantitative estimate of drug-likeness (QED) is 0.178. The van der Waals surface area contributed by atoms with E-state index < -0.39 is 0 Å². The molecule has 242 valence electrons. The monoisotopic (exact) mass is 660 g/mol. The van der Waals surface area contributed by atoms with Crippen molar-refractivity contribution in [3.8, 4) is 33.6 Å². The number of nitrogens with zero attached hydrogens (tertiary/aromatic N) is 2. The molecule has 0 saturated carbocycles. The average molecular weight is 661 g/mol. The Balaban J connectivity index is 1.22. The van der Waals surface area contributed by atoms with Crippen LogP contribution in [0.3, 0.4) is 0 Å². The zero-order valence-electron chi connectivity index (χ0n) is 28.4. The Kier molecular flexibility index (Phi) is 6.28. The van der Waals surface area contributed by atoms with Crippen LogP contribution in [-0.2, 0) is 0 Å². The first kappa shape index (κ1) is 28.9. The van der Waals surface area contributed by atoms with Crippen molar-refractivity contribution in [2.24, 2.45) is 0 Å². The van der Waals surface area contributed by atoms with Gasteiger partial charge in [-0.25, -0.2) is 0 Å². The molecule has 2 nitrogen and oxygen atoms in total. The lowest BCUT2D eigenvalue weighted by molar-refractivity contribution is 1.17. The van der Waals surface area contributed by atoms with Crippen molar-refractivity contribution < 1.29 is 0 Å². The van der Waals surface area contributed by atoms with E-state index in [0.29, 0.717) is 0 Å². The minimum Gasteiger partial charge on any atom is -0.309 e. The molecule has 0 aliphatic carbocycles. The maximum atomic E-state index is 2.47. The van der Waals surface area contributed by atoms with Gasteiger partial charge in [0.2, 0.25) is 0 Å². The van der Waals surface area contributed by atoms with Crippen LogP contribution in [0.1, 0.15) is 0 Å². The molecule has 0 fully saturated rings. The van der Waals surface area contributed by atoms with Crippen LogP contribution in [0, 0.1) is 0 Å². The van der Waals surface area contributed by atoms with E-state index in [1.807, 2.05) is 0 Å². The zero-order chi connectivity index (χ0) is 34.2. The summed E-state index contributed by atoms with van der Waals surface area (Å²) in [6.07, 6.45) is 0. The van der Waals surface area contributed by atoms with Gasteiger partial charge in [-0.2, -0.15) is 0 Å². The Morgan fingerprint density at radius 1 is 0.269 bits per heavy atom. The van der Waals surface area contributed by atoms with Gasteiger partial charge in [0.15, 0.2) is 0 Å². The molecule has 2 heterocycles. The average Bonchev–Trinajstić information content (AvgIpc) is 3.73. The summed E-state index contributed by atoms with van der Waals surface area (Å²) in [6.45, 7) is 0. The summed E-state index contributed by atoms with van der Waals surface area (Å²) in [5.74, 6) is 0. The number of benzene rings is 9. The first-order chi connectivity index (χ1) is 25.8. The first-order valence-corrected chi connectivity index (χ1v) is 17.9. The molecule has 2 aromatic heterocycles. The van der Waals surface area contributed by atoms with E-state index in [2.05, 4.69) is 203 Å². The Hall–Kier alpha value is -6.90. The normalized spacial score (nSPS) is 11.8. The fourth-order valence-corrected chi connectivity index (χ4v) is 8.46. The van der Waals surface area contributed by atoms with E-state index in [9.17, 15) is 0 Å². The lowest BCUT2D eigenvalue weighted by Gasteiger charge is -2.15. The molecule has 0 saturated heterocycles. The van der Waals surface area contributed by atoms with Gasteiger partial charge in [0.1, 0.15) is 0 Å². The van der Waals surface area contributed by atoms with E-state index in [0.717, 1.165) is 5.69 Å². The molecule has 0 aliphatic rings. The van der Waals surface area contributed by atoms with Gasteiger partial charge in [0.05, 0.1) is 27.8 Å². The number of rotatable bonds is 4. The summed E-state index contributed by atoms with van der Waals surface area (Å²) in [5, 5.41) is 9.99. The van der Waals surface area contributed by atoms with Crippen molar-refractivity contribution in [1.29, 1.82) is 0 Å². The third kappa shape index (κ3) is 4.38. The highest BCUT2D eigenvalue weighted by atomic mass is 15.0. The fraction of sp³-hybridized carbons (Fsp3) is 0. The third-order valence-corrected chi connectivity index (χ3v) is 10.8. The second-order valence-corrected chi connectivity index (χ2v) is 13.8. The van der Waals surface area contributed by atoms with E-state index >= 15 is 0 Å². The molecule has 0 radical (unpaired) electrons. The molecule has 0 N–H and O–H groups in total. The second-order valence-electron chi connectivity index (χ2n) is 13.8. The van der Waals surface area contributed by atoms with Crippen LogP contribution in [0.25, 0.3) is 98.8 Å². The molecule has 0 bridgehead atoms. The highest BCUT2D eigenvalue weighted by molar-refractivity contribution is 6.16. The lowest BCUT2D eigenvalue weighted by atomic mass is 9.95.